The van der Waals surface area contributed by atoms with Crippen molar-refractivity contribution in [3.8, 4) is 0 Å². The van der Waals surface area contributed by atoms with Crippen LogP contribution in [0.5, 0.6) is 0 Å². The van der Waals surface area contributed by atoms with E-state index in [4.69, 9.17) is 5.73 Å². The van der Waals surface area contributed by atoms with Crippen LogP contribution >= 0.6 is 0 Å². The van der Waals surface area contributed by atoms with E-state index in [1.807, 2.05) is 23.7 Å². The Morgan fingerprint density at radius 3 is 2.53 bits per heavy atom. The second kappa shape index (κ2) is 2.99. The van der Waals surface area contributed by atoms with Gasteiger partial charge in [-0.3, -0.25) is 4.68 Å². The van der Waals surface area contributed by atoms with Crippen molar-refractivity contribution in [1.82, 2.24) is 9.78 Å². The summed E-state index contributed by atoms with van der Waals surface area (Å²) < 4.78 is 2.04. The summed E-state index contributed by atoms with van der Waals surface area (Å²) in [5.41, 5.74) is 8.86. The molecule has 1 aromatic heterocycles. The number of aryl methyl sites for hydroxylation is 1. The second-order valence-corrected chi connectivity index (χ2v) is 4.91. The molecule has 0 saturated heterocycles. The van der Waals surface area contributed by atoms with E-state index in [9.17, 15) is 0 Å². The number of nitrogen functional groups attached to an aromatic ring is 1. The maximum absolute atomic E-state index is 5.96. The van der Waals surface area contributed by atoms with Crippen molar-refractivity contribution in [3.63, 3.8) is 0 Å². The summed E-state index contributed by atoms with van der Waals surface area (Å²) in [6.45, 7) is 8.42. The lowest BCUT2D eigenvalue weighted by Crippen LogP contribution is -2.22. The summed E-state index contributed by atoms with van der Waals surface area (Å²) in [7, 11) is 0. The van der Waals surface area contributed by atoms with Crippen molar-refractivity contribution in [2.75, 3.05) is 5.73 Å². The molecule has 0 radical (unpaired) electrons. The summed E-state index contributed by atoms with van der Waals surface area (Å²) in [4.78, 5) is 0. The van der Waals surface area contributed by atoms with Crippen LogP contribution in [0.2, 0.25) is 0 Å². The summed E-state index contributed by atoms with van der Waals surface area (Å²) in [5.74, 6) is 0. The first kappa shape index (κ1) is 10.0. The van der Waals surface area contributed by atoms with Gasteiger partial charge in [0.2, 0.25) is 0 Å². The van der Waals surface area contributed by atoms with Gasteiger partial charge in [0.15, 0.2) is 0 Å². The third kappa shape index (κ3) is 1.48. The summed E-state index contributed by atoms with van der Waals surface area (Å²) in [6.07, 6.45) is 0. The maximum Gasteiger partial charge on any atom is 0.0712 e. The van der Waals surface area contributed by atoms with Crippen molar-refractivity contribution in [3.05, 3.63) is 23.9 Å². The highest BCUT2D eigenvalue weighted by Crippen LogP contribution is 2.28. The minimum Gasteiger partial charge on any atom is -0.398 e. The quantitative estimate of drug-likeness (QED) is 0.669. The molecule has 0 bridgehead atoms. The number of nitrogens with two attached hydrogens (primary N) is 1. The first-order valence-corrected chi connectivity index (χ1v) is 5.15. The molecule has 2 aromatic rings. The average Bonchev–Trinajstić information content (AvgIpc) is 2.44. The number of benzene rings is 1. The van der Waals surface area contributed by atoms with E-state index < -0.39 is 0 Å². The number of hydrogen-bond acceptors (Lipinski definition) is 2. The van der Waals surface area contributed by atoms with Gasteiger partial charge in [0.1, 0.15) is 0 Å². The highest BCUT2D eigenvalue weighted by molar-refractivity contribution is 5.92. The van der Waals surface area contributed by atoms with Gasteiger partial charge in [-0.05, 0) is 39.8 Å². The molecule has 0 amide bonds. The van der Waals surface area contributed by atoms with E-state index in [0.717, 1.165) is 22.3 Å². The Morgan fingerprint density at radius 2 is 1.93 bits per heavy atom. The molecule has 0 aliphatic carbocycles. The average molecular weight is 203 g/mol. The number of fused-ring (bicyclic) bond motifs is 1. The fourth-order valence-electron chi connectivity index (χ4n) is 1.89. The van der Waals surface area contributed by atoms with Gasteiger partial charge >= 0.3 is 0 Å². The molecule has 0 atom stereocenters. The first-order valence-electron chi connectivity index (χ1n) is 5.15. The van der Waals surface area contributed by atoms with E-state index in [1.54, 1.807) is 0 Å². The van der Waals surface area contributed by atoms with E-state index in [-0.39, 0.29) is 5.54 Å². The van der Waals surface area contributed by atoms with Crippen LogP contribution in [0.4, 0.5) is 5.69 Å². The normalized spacial score (nSPS) is 12.3. The van der Waals surface area contributed by atoms with Crippen LogP contribution in [0.15, 0.2) is 18.2 Å². The van der Waals surface area contributed by atoms with Crippen molar-refractivity contribution in [1.29, 1.82) is 0 Å². The van der Waals surface area contributed by atoms with E-state index in [0.29, 0.717) is 0 Å². The highest BCUT2D eigenvalue weighted by atomic mass is 15.3. The van der Waals surface area contributed by atoms with Gasteiger partial charge in [0.25, 0.3) is 0 Å². The van der Waals surface area contributed by atoms with E-state index in [1.165, 1.54) is 0 Å². The lowest BCUT2D eigenvalue weighted by Gasteiger charge is -2.20. The Kier molecular flexibility index (Phi) is 2.00. The Balaban J connectivity index is 2.85. The van der Waals surface area contributed by atoms with Gasteiger partial charge in [0.05, 0.1) is 16.7 Å². The molecule has 0 aliphatic heterocycles. The highest BCUT2D eigenvalue weighted by Gasteiger charge is 2.19. The SMILES string of the molecule is Cc1nn(C(C)(C)C)c2cccc(N)c12. The smallest absolute Gasteiger partial charge is 0.0712 e. The minimum atomic E-state index is -0.0136. The Hall–Kier alpha value is -1.51. The molecule has 0 fully saturated rings. The molecular weight excluding hydrogens is 186 g/mol. The number of aromatic nitrogens is 2. The van der Waals surface area contributed by atoms with Crippen molar-refractivity contribution >= 4 is 16.6 Å². The van der Waals surface area contributed by atoms with Gasteiger partial charge in [-0.25, -0.2) is 0 Å². The Morgan fingerprint density at radius 1 is 1.27 bits per heavy atom. The van der Waals surface area contributed by atoms with Crippen molar-refractivity contribution < 1.29 is 0 Å². The molecule has 0 spiro atoms. The summed E-state index contributed by atoms with van der Waals surface area (Å²) in [5, 5.41) is 5.63. The van der Waals surface area contributed by atoms with Gasteiger partial charge in [-0.2, -0.15) is 5.10 Å². The van der Waals surface area contributed by atoms with Gasteiger partial charge in [0, 0.05) is 11.1 Å². The number of anilines is 1. The zero-order chi connectivity index (χ0) is 11.2. The molecule has 0 saturated carbocycles. The molecular formula is C12H17N3. The van der Waals surface area contributed by atoms with Gasteiger partial charge in [-0.1, -0.05) is 6.07 Å². The predicted octanol–water partition coefficient (Wildman–Crippen LogP) is 2.68. The van der Waals surface area contributed by atoms with Crippen molar-refractivity contribution in [2.24, 2.45) is 0 Å². The maximum atomic E-state index is 5.96. The molecule has 80 valence electrons. The first-order chi connectivity index (χ1) is 6.91. The van der Waals surface area contributed by atoms with E-state index in [2.05, 4.69) is 31.9 Å². The third-order valence-electron chi connectivity index (χ3n) is 2.55. The predicted molar refractivity (Wildman–Crippen MR) is 63.9 cm³/mol. The fraction of sp³-hybridized carbons (Fsp3) is 0.417. The number of hydrogen-bond donors (Lipinski definition) is 1. The van der Waals surface area contributed by atoms with E-state index >= 15 is 0 Å². The van der Waals surface area contributed by atoms with Crippen LogP contribution < -0.4 is 5.73 Å². The molecule has 0 unspecified atom stereocenters. The van der Waals surface area contributed by atoms with Gasteiger partial charge in [-0.15, -0.1) is 0 Å². The van der Waals surface area contributed by atoms with Gasteiger partial charge < -0.3 is 5.73 Å². The molecule has 3 heteroatoms. The Bertz CT molecular complexity index is 503. The minimum absolute atomic E-state index is 0.0136. The van der Waals surface area contributed by atoms with Crippen LogP contribution in [0.1, 0.15) is 26.5 Å². The fourth-order valence-corrected chi connectivity index (χ4v) is 1.89. The molecule has 0 aliphatic rings. The molecule has 3 nitrogen and oxygen atoms in total. The largest absolute Gasteiger partial charge is 0.398 e. The standard InChI is InChI=1S/C12H17N3/c1-8-11-9(13)6-5-7-10(11)15(14-8)12(2,3)4/h5-7H,13H2,1-4H3. The van der Waals surface area contributed by atoms with Crippen LogP contribution in [0.25, 0.3) is 10.9 Å². The number of nitrogens with zero attached hydrogens (tertiary/aromatic N) is 2. The monoisotopic (exact) mass is 203 g/mol. The zero-order valence-corrected chi connectivity index (χ0v) is 9.70. The lowest BCUT2D eigenvalue weighted by molar-refractivity contribution is 0.366. The topological polar surface area (TPSA) is 43.8 Å². The van der Waals surface area contributed by atoms with Crippen LogP contribution in [-0.2, 0) is 5.54 Å². The lowest BCUT2D eigenvalue weighted by atomic mass is 10.1. The molecule has 2 rings (SSSR count). The molecule has 15 heavy (non-hydrogen) atoms. The van der Waals surface area contributed by atoms with Crippen LogP contribution in [0, 0.1) is 6.92 Å². The molecule has 2 N–H and O–H groups in total. The second-order valence-electron chi connectivity index (χ2n) is 4.91. The zero-order valence-electron chi connectivity index (χ0n) is 9.70. The summed E-state index contributed by atoms with van der Waals surface area (Å²) >= 11 is 0. The molecule has 1 aromatic carbocycles. The van der Waals surface area contributed by atoms with Crippen molar-refractivity contribution in [2.45, 2.75) is 33.2 Å². The Labute approximate surface area is 89.9 Å². The van der Waals surface area contributed by atoms with Crippen LogP contribution in [0.3, 0.4) is 0 Å². The molecule has 1 heterocycles. The van der Waals surface area contributed by atoms with Crippen LogP contribution in [-0.4, -0.2) is 9.78 Å². The summed E-state index contributed by atoms with van der Waals surface area (Å²) in [6, 6.07) is 5.96. The number of rotatable bonds is 0. The third-order valence-corrected chi connectivity index (χ3v) is 2.55.